The smallest absolute Gasteiger partial charge is 0.0600 e. The molecule has 102 valence electrons. The van der Waals surface area contributed by atoms with Gasteiger partial charge in [0, 0.05) is 12.5 Å². The molecule has 0 aromatic rings. The first-order valence-electron chi connectivity index (χ1n) is 6.95. The van der Waals surface area contributed by atoms with Gasteiger partial charge in [0.25, 0.3) is 0 Å². The van der Waals surface area contributed by atoms with Crippen LogP contribution in [0.25, 0.3) is 0 Å². The second-order valence-electron chi connectivity index (χ2n) is 5.32. The number of methoxy groups -OCH3 is 1. The minimum atomic E-state index is 0.267. The summed E-state index contributed by atoms with van der Waals surface area (Å²) in [5.74, 6) is 0.917. The molecule has 1 rings (SSSR count). The number of thiol groups is 1. The lowest BCUT2D eigenvalue weighted by atomic mass is 9.85. The Hall–Kier alpha value is 0.270. The third kappa shape index (κ3) is 4.46. The molecule has 0 N–H and O–H groups in total. The van der Waals surface area contributed by atoms with Crippen LogP contribution in [0.5, 0.6) is 0 Å². The molecule has 0 aromatic carbocycles. The summed E-state index contributed by atoms with van der Waals surface area (Å²) in [7, 11) is 1.81. The van der Waals surface area contributed by atoms with E-state index >= 15 is 0 Å². The van der Waals surface area contributed by atoms with E-state index in [2.05, 4.69) is 26.5 Å². The van der Waals surface area contributed by atoms with Crippen LogP contribution in [0.1, 0.15) is 52.4 Å². The van der Waals surface area contributed by atoms with Crippen molar-refractivity contribution in [2.24, 2.45) is 5.41 Å². The molecule has 0 radical (unpaired) electrons. The molecular weight excluding hydrogens is 232 g/mol. The molecule has 0 amide bonds. The van der Waals surface area contributed by atoms with E-state index in [-0.39, 0.29) is 5.41 Å². The van der Waals surface area contributed by atoms with Crippen molar-refractivity contribution >= 4 is 12.6 Å². The fourth-order valence-electron chi connectivity index (χ4n) is 2.49. The van der Waals surface area contributed by atoms with Gasteiger partial charge in [-0.25, -0.2) is 0 Å². The molecule has 1 aliphatic rings. The average Bonchev–Trinajstić information content (AvgIpc) is 2.41. The van der Waals surface area contributed by atoms with Crippen molar-refractivity contribution in [3.8, 4) is 0 Å². The molecule has 0 spiro atoms. The van der Waals surface area contributed by atoms with Gasteiger partial charge in [0.2, 0.25) is 0 Å². The van der Waals surface area contributed by atoms with Crippen LogP contribution in [0.3, 0.4) is 0 Å². The zero-order valence-electron chi connectivity index (χ0n) is 11.6. The van der Waals surface area contributed by atoms with Crippen LogP contribution >= 0.6 is 12.6 Å². The number of rotatable bonds is 7. The van der Waals surface area contributed by atoms with E-state index in [0.29, 0.717) is 12.2 Å². The Morgan fingerprint density at radius 2 is 1.82 bits per heavy atom. The first-order chi connectivity index (χ1) is 8.19. The Morgan fingerprint density at radius 3 is 2.35 bits per heavy atom. The molecule has 0 aromatic heterocycles. The minimum Gasteiger partial charge on any atom is -0.381 e. The van der Waals surface area contributed by atoms with E-state index < -0.39 is 0 Å². The number of hydrogen-bond donors (Lipinski definition) is 1. The fourth-order valence-corrected chi connectivity index (χ4v) is 3.02. The van der Waals surface area contributed by atoms with Crippen LogP contribution in [-0.2, 0) is 9.47 Å². The highest BCUT2D eigenvalue weighted by molar-refractivity contribution is 7.80. The van der Waals surface area contributed by atoms with Crippen molar-refractivity contribution in [2.45, 2.75) is 64.6 Å². The summed E-state index contributed by atoms with van der Waals surface area (Å²) in [5, 5.41) is 0. The molecule has 1 aliphatic carbocycles. The van der Waals surface area contributed by atoms with Gasteiger partial charge in [-0.1, -0.05) is 13.8 Å². The van der Waals surface area contributed by atoms with E-state index in [1.54, 1.807) is 0 Å². The Balaban J connectivity index is 2.38. The van der Waals surface area contributed by atoms with Gasteiger partial charge in [0.15, 0.2) is 0 Å². The zero-order chi connectivity index (χ0) is 12.7. The maximum absolute atomic E-state index is 6.12. The third-order valence-electron chi connectivity index (χ3n) is 4.37. The Morgan fingerprint density at radius 1 is 1.18 bits per heavy atom. The SMILES string of the molecule is CCC(CC)(CS)COC1CCCC(OC)C1. The molecule has 1 fully saturated rings. The first-order valence-corrected chi connectivity index (χ1v) is 7.58. The lowest BCUT2D eigenvalue weighted by Gasteiger charge is -2.34. The van der Waals surface area contributed by atoms with Gasteiger partial charge in [-0.2, -0.15) is 12.6 Å². The lowest BCUT2D eigenvalue weighted by Crippen LogP contribution is -2.34. The van der Waals surface area contributed by atoms with E-state index in [1.165, 1.54) is 19.3 Å². The van der Waals surface area contributed by atoms with Gasteiger partial charge in [0.05, 0.1) is 18.8 Å². The molecule has 2 nitrogen and oxygen atoms in total. The summed E-state index contributed by atoms with van der Waals surface area (Å²) in [5.41, 5.74) is 0.267. The molecule has 0 heterocycles. The molecule has 2 unspecified atom stereocenters. The molecular formula is C14H28O2S. The van der Waals surface area contributed by atoms with Crippen molar-refractivity contribution in [3.63, 3.8) is 0 Å². The summed E-state index contributed by atoms with van der Waals surface area (Å²) in [6.45, 7) is 5.33. The molecule has 1 saturated carbocycles. The maximum Gasteiger partial charge on any atom is 0.0600 e. The molecule has 0 bridgehead atoms. The van der Waals surface area contributed by atoms with Crippen LogP contribution in [0.4, 0.5) is 0 Å². The predicted octanol–water partition coefficient (Wildman–Crippen LogP) is 3.70. The highest BCUT2D eigenvalue weighted by Gasteiger charge is 2.28. The minimum absolute atomic E-state index is 0.267. The summed E-state index contributed by atoms with van der Waals surface area (Å²) in [6, 6.07) is 0. The summed E-state index contributed by atoms with van der Waals surface area (Å²) < 4.78 is 11.6. The second-order valence-corrected chi connectivity index (χ2v) is 5.64. The molecule has 17 heavy (non-hydrogen) atoms. The third-order valence-corrected chi connectivity index (χ3v) is 5.04. The highest BCUT2D eigenvalue weighted by atomic mass is 32.1. The molecule has 3 heteroatoms. The van der Waals surface area contributed by atoms with Crippen LogP contribution in [0.2, 0.25) is 0 Å². The van der Waals surface area contributed by atoms with Crippen LogP contribution in [0.15, 0.2) is 0 Å². The molecule has 2 atom stereocenters. The Bertz CT molecular complexity index is 196. The van der Waals surface area contributed by atoms with Gasteiger partial charge in [-0.15, -0.1) is 0 Å². The number of hydrogen-bond acceptors (Lipinski definition) is 3. The van der Waals surface area contributed by atoms with Gasteiger partial charge < -0.3 is 9.47 Å². The van der Waals surface area contributed by atoms with Crippen molar-refractivity contribution < 1.29 is 9.47 Å². The summed E-state index contributed by atoms with van der Waals surface area (Å²) in [6.07, 6.45) is 7.77. The van der Waals surface area contributed by atoms with Crippen molar-refractivity contribution in [1.29, 1.82) is 0 Å². The van der Waals surface area contributed by atoms with E-state index in [4.69, 9.17) is 9.47 Å². The lowest BCUT2D eigenvalue weighted by molar-refractivity contribution is -0.0563. The summed E-state index contributed by atoms with van der Waals surface area (Å²) in [4.78, 5) is 0. The summed E-state index contributed by atoms with van der Waals surface area (Å²) >= 11 is 4.49. The zero-order valence-corrected chi connectivity index (χ0v) is 12.5. The van der Waals surface area contributed by atoms with Gasteiger partial charge in [-0.3, -0.25) is 0 Å². The largest absolute Gasteiger partial charge is 0.381 e. The molecule has 0 saturated heterocycles. The van der Waals surface area contributed by atoms with Crippen LogP contribution < -0.4 is 0 Å². The van der Waals surface area contributed by atoms with Gasteiger partial charge in [0.1, 0.15) is 0 Å². The quantitative estimate of drug-likeness (QED) is 0.704. The van der Waals surface area contributed by atoms with Gasteiger partial charge >= 0.3 is 0 Å². The van der Waals surface area contributed by atoms with Crippen LogP contribution in [-0.4, -0.2) is 31.7 Å². The Labute approximate surface area is 112 Å². The van der Waals surface area contributed by atoms with Crippen molar-refractivity contribution in [2.75, 3.05) is 19.5 Å². The highest BCUT2D eigenvalue weighted by Crippen LogP contribution is 2.31. The van der Waals surface area contributed by atoms with E-state index in [9.17, 15) is 0 Å². The van der Waals surface area contributed by atoms with E-state index in [0.717, 1.165) is 31.6 Å². The van der Waals surface area contributed by atoms with Gasteiger partial charge in [-0.05, 0) is 44.3 Å². The topological polar surface area (TPSA) is 18.5 Å². The average molecular weight is 260 g/mol. The standard InChI is InChI=1S/C14H28O2S/c1-4-14(5-2,11-17)10-16-13-8-6-7-12(9-13)15-3/h12-13,17H,4-11H2,1-3H3. The molecule has 0 aliphatic heterocycles. The van der Waals surface area contributed by atoms with Crippen molar-refractivity contribution in [3.05, 3.63) is 0 Å². The monoisotopic (exact) mass is 260 g/mol. The predicted molar refractivity (Wildman–Crippen MR) is 75.9 cm³/mol. The number of ether oxygens (including phenoxy) is 2. The second kappa shape index (κ2) is 7.65. The van der Waals surface area contributed by atoms with E-state index in [1.807, 2.05) is 7.11 Å². The van der Waals surface area contributed by atoms with Crippen molar-refractivity contribution in [1.82, 2.24) is 0 Å². The first kappa shape index (κ1) is 15.3. The normalized spacial score (nSPS) is 26.1. The Kier molecular flexibility index (Phi) is 6.90. The van der Waals surface area contributed by atoms with Crippen LogP contribution in [0, 0.1) is 5.41 Å². The maximum atomic E-state index is 6.12. The fraction of sp³-hybridized carbons (Fsp3) is 1.00.